The van der Waals surface area contributed by atoms with Gasteiger partial charge < -0.3 is 5.32 Å². The zero-order valence-corrected chi connectivity index (χ0v) is 13.5. The van der Waals surface area contributed by atoms with Crippen molar-refractivity contribution in [1.82, 2.24) is 0 Å². The van der Waals surface area contributed by atoms with Crippen molar-refractivity contribution < 1.29 is 4.79 Å². The second kappa shape index (κ2) is 7.60. The Balaban J connectivity index is 2.06. The highest BCUT2D eigenvalue weighted by Crippen LogP contribution is 2.17. The number of carbonyl (C=O) groups excluding carboxylic acids is 1. The van der Waals surface area contributed by atoms with Crippen LogP contribution in [0.3, 0.4) is 0 Å². The molecule has 0 saturated heterocycles. The van der Waals surface area contributed by atoms with Gasteiger partial charge in [0.05, 0.1) is 0 Å². The third kappa shape index (κ3) is 4.32. The Bertz CT molecular complexity index is 669. The van der Waals surface area contributed by atoms with Gasteiger partial charge in [0.25, 0.3) is 5.91 Å². The minimum Gasteiger partial charge on any atom is -0.322 e. The molecule has 0 aromatic heterocycles. The predicted octanol–water partition coefficient (Wildman–Crippen LogP) is 5.37. The van der Waals surface area contributed by atoms with Crippen LogP contribution < -0.4 is 5.32 Å². The highest BCUT2D eigenvalue weighted by Gasteiger charge is 2.07. The average Bonchev–Trinajstić information content (AvgIpc) is 2.51. The van der Waals surface area contributed by atoms with E-state index in [1.54, 1.807) is 0 Å². The summed E-state index contributed by atoms with van der Waals surface area (Å²) in [7, 11) is 0. The average molecular weight is 293 g/mol. The lowest BCUT2D eigenvalue weighted by molar-refractivity contribution is 0.102. The summed E-state index contributed by atoms with van der Waals surface area (Å²) in [6, 6.07) is 13.7. The van der Waals surface area contributed by atoms with Gasteiger partial charge in [-0.05, 0) is 49.6 Å². The monoisotopic (exact) mass is 293 g/mol. The van der Waals surface area contributed by atoms with E-state index in [1.807, 2.05) is 50.2 Å². The molecule has 0 radical (unpaired) electrons. The second-order valence-electron chi connectivity index (χ2n) is 5.59. The highest BCUT2D eigenvalue weighted by atomic mass is 16.1. The van der Waals surface area contributed by atoms with E-state index in [0.29, 0.717) is 5.56 Å². The Labute approximate surface area is 132 Å². The number of anilines is 1. The topological polar surface area (TPSA) is 29.1 Å². The summed E-state index contributed by atoms with van der Waals surface area (Å²) in [5.41, 5.74) is 4.93. The van der Waals surface area contributed by atoms with Gasteiger partial charge in [-0.2, -0.15) is 0 Å². The lowest BCUT2D eigenvalue weighted by Crippen LogP contribution is -2.12. The zero-order chi connectivity index (χ0) is 15.9. The predicted molar refractivity (Wildman–Crippen MR) is 94.3 cm³/mol. The Morgan fingerprint density at radius 2 is 1.82 bits per heavy atom. The Hall–Kier alpha value is -2.35. The van der Waals surface area contributed by atoms with E-state index in [1.165, 1.54) is 5.56 Å². The number of amides is 1. The fraction of sp³-hybridized carbons (Fsp3) is 0.250. The van der Waals surface area contributed by atoms with Crippen molar-refractivity contribution in [3.05, 3.63) is 70.8 Å². The molecule has 1 N–H and O–H groups in total. The summed E-state index contributed by atoms with van der Waals surface area (Å²) in [5.74, 6) is -0.0731. The van der Waals surface area contributed by atoms with Gasteiger partial charge in [0, 0.05) is 11.3 Å². The van der Waals surface area contributed by atoms with Crippen LogP contribution in [0.1, 0.15) is 46.8 Å². The molecule has 0 saturated carbocycles. The Morgan fingerprint density at radius 3 is 2.45 bits per heavy atom. The van der Waals surface area contributed by atoms with Gasteiger partial charge in [-0.25, -0.2) is 0 Å². The molecule has 2 nitrogen and oxygen atoms in total. The van der Waals surface area contributed by atoms with Gasteiger partial charge in [0.2, 0.25) is 0 Å². The Morgan fingerprint density at radius 1 is 1.09 bits per heavy atom. The Kier molecular flexibility index (Phi) is 5.54. The first-order valence-electron chi connectivity index (χ1n) is 7.75. The van der Waals surface area contributed by atoms with Crippen LogP contribution in [0, 0.1) is 13.8 Å². The number of hydrogen-bond acceptors (Lipinski definition) is 1. The normalized spacial score (nSPS) is 10.9. The molecule has 0 aliphatic rings. The van der Waals surface area contributed by atoms with Crippen LogP contribution in [0.5, 0.6) is 0 Å². The molecular formula is C20H23NO. The summed E-state index contributed by atoms with van der Waals surface area (Å²) in [4.78, 5) is 12.3. The molecule has 2 heteroatoms. The lowest BCUT2D eigenvalue weighted by Gasteiger charge is -2.09. The highest BCUT2D eigenvalue weighted by molar-refractivity contribution is 6.04. The first-order chi connectivity index (χ1) is 10.6. The maximum absolute atomic E-state index is 12.3. The van der Waals surface area contributed by atoms with Crippen molar-refractivity contribution in [2.24, 2.45) is 0 Å². The minimum absolute atomic E-state index is 0.0731. The molecule has 0 heterocycles. The van der Waals surface area contributed by atoms with Crippen LogP contribution in [-0.2, 0) is 0 Å². The maximum atomic E-state index is 12.3. The summed E-state index contributed by atoms with van der Waals surface area (Å²) in [6.07, 6.45) is 6.47. The van der Waals surface area contributed by atoms with Crippen LogP contribution in [0.25, 0.3) is 6.08 Å². The SMILES string of the molecule is CCC/C=C/c1ccc(C(=O)Nc2ccc(C)cc2C)cc1. The van der Waals surface area contributed by atoms with Crippen molar-refractivity contribution in [2.45, 2.75) is 33.6 Å². The van der Waals surface area contributed by atoms with Crippen molar-refractivity contribution in [2.75, 3.05) is 5.32 Å². The van der Waals surface area contributed by atoms with Crippen LogP contribution in [0.4, 0.5) is 5.69 Å². The molecule has 0 aliphatic heterocycles. The molecule has 0 aliphatic carbocycles. The molecule has 0 unspecified atom stereocenters. The molecule has 114 valence electrons. The molecule has 2 aromatic carbocycles. The minimum atomic E-state index is -0.0731. The van der Waals surface area contributed by atoms with Gasteiger partial charge in [0.15, 0.2) is 0 Å². The van der Waals surface area contributed by atoms with Crippen LogP contribution in [0.2, 0.25) is 0 Å². The van der Waals surface area contributed by atoms with Gasteiger partial charge in [-0.3, -0.25) is 4.79 Å². The molecule has 0 spiro atoms. The van der Waals surface area contributed by atoms with Crippen molar-refractivity contribution in [3.63, 3.8) is 0 Å². The molecule has 22 heavy (non-hydrogen) atoms. The van der Waals surface area contributed by atoms with Crippen molar-refractivity contribution in [1.29, 1.82) is 0 Å². The van der Waals surface area contributed by atoms with Crippen LogP contribution in [-0.4, -0.2) is 5.91 Å². The summed E-state index contributed by atoms with van der Waals surface area (Å²) in [5, 5.41) is 2.97. The van der Waals surface area contributed by atoms with Crippen LogP contribution in [0.15, 0.2) is 48.5 Å². The van der Waals surface area contributed by atoms with E-state index in [2.05, 4.69) is 30.5 Å². The van der Waals surface area contributed by atoms with Gasteiger partial charge in [-0.1, -0.05) is 55.3 Å². The smallest absolute Gasteiger partial charge is 0.255 e. The largest absolute Gasteiger partial charge is 0.322 e. The van der Waals surface area contributed by atoms with E-state index in [4.69, 9.17) is 0 Å². The standard InChI is InChI=1S/C20H23NO/c1-4-5-6-7-17-9-11-18(12-10-17)20(22)21-19-13-8-15(2)14-16(19)3/h6-14H,4-5H2,1-3H3,(H,21,22)/b7-6+. The molecule has 0 atom stereocenters. The summed E-state index contributed by atoms with van der Waals surface area (Å²) in [6.45, 7) is 6.21. The van der Waals surface area contributed by atoms with E-state index < -0.39 is 0 Å². The first-order valence-corrected chi connectivity index (χ1v) is 7.75. The fourth-order valence-corrected chi connectivity index (χ4v) is 2.28. The third-order valence-electron chi connectivity index (χ3n) is 3.57. The number of allylic oxidation sites excluding steroid dienone is 1. The summed E-state index contributed by atoms with van der Waals surface area (Å²) >= 11 is 0. The third-order valence-corrected chi connectivity index (χ3v) is 3.57. The van der Waals surface area contributed by atoms with Crippen LogP contribution >= 0.6 is 0 Å². The summed E-state index contributed by atoms with van der Waals surface area (Å²) < 4.78 is 0. The number of hydrogen-bond donors (Lipinski definition) is 1. The quantitative estimate of drug-likeness (QED) is 0.789. The number of unbranched alkanes of at least 4 members (excludes halogenated alkanes) is 1. The van der Waals surface area contributed by atoms with E-state index in [0.717, 1.165) is 29.7 Å². The molecule has 1 amide bonds. The molecule has 2 aromatic rings. The number of carbonyl (C=O) groups is 1. The molecule has 0 fully saturated rings. The van der Waals surface area contributed by atoms with Gasteiger partial charge in [-0.15, -0.1) is 0 Å². The van der Waals surface area contributed by atoms with Gasteiger partial charge in [0.1, 0.15) is 0 Å². The number of rotatable bonds is 5. The second-order valence-corrected chi connectivity index (χ2v) is 5.59. The maximum Gasteiger partial charge on any atom is 0.255 e. The van der Waals surface area contributed by atoms with E-state index in [-0.39, 0.29) is 5.91 Å². The number of aryl methyl sites for hydroxylation is 2. The van der Waals surface area contributed by atoms with E-state index >= 15 is 0 Å². The molecular weight excluding hydrogens is 270 g/mol. The number of nitrogens with one attached hydrogen (secondary N) is 1. The fourth-order valence-electron chi connectivity index (χ4n) is 2.28. The van der Waals surface area contributed by atoms with Gasteiger partial charge >= 0.3 is 0 Å². The molecule has 0 bridgehead atoms. The number of benzene rings is 2. The zero-order valence-electron chi connectivity index (χ0n) is 13.5. The first kappa shape index (κ1) is 16.0. The van der Waals surface area contributed by atoms with E-state index in [9.17, 15) is 4.79 Å². The lowest BCUT2D eigenvalue weighted by atomic mass is 10.1. The van der Waals surface area contributed by atoms with Crippen molar-refractivity contribution in [3.8, 4) is 0 Å². The van der Waals surface area contributed by atoms with Crippen molar-refractivity contribution >= 4 is 17.7 Å². The molecule has 2 rings (SSSR count).